The highest BCUT2D eigenvalue weighted by molar-refractivity contribution is 5.89. The summed E-state index contributed by atoms with van der Waals surface area (Å²) in [4.78, 5) is 10.1. The van der Waals surface area contributed by atoms with Gasteiger partial charge in [0.1, 0.15) is 11.6 Å². The highest BCUT2D eigenvalue weighted by Gasteiger charge is 2.44. The van der Waals surface area contributed by atoms with Crippen molar-refractivity contribution in [2.24, 2.45) is 0 Å². The number of hydrogen-bond donors (Lipinski definition) is 1. The average molecular weight is 494 g/mol. The van der Waals surface area contributed by atoms with Crippen molar-refractivity contribution in [1.82, 2.24) is 19.8 Å². The molecule has 1 unspecified atom stereocenters. The largest absolute Gasteiger partial charge is 0.476 e. The highest BCUT2D eigenvalue weighted by atomic mass is 16.5. The minimum Gasteiger partial charge on any atom is -0.476 e. The maximum absolute atomic E-state index is 6.93. The summed E-state index contributed by atoms with van der Waals surface area (Å²) < 4.78 is 14.2. The molecule has 6 rings (SSSR count). The molecule has 37 heavy (non-hydrogen) atoms. The Kier molecular flexibility index (Phi) is 5.33. The lowest BCUT2D eigenvalue weighted by Crippen LogP contribution is -2.34. The second kappa shape index (κ2) is 8.47. The van der Waals surface area contributed by atoms with E-state index in [1.54, 1.807) is 4.68 Å². The van der Waals surface area contributed by atoms with E-state index in [1.807, 2.05) is 64.1 Å². The van der Waals surface area contributed by atoms with Gasteiger partial charge in [-0.05, 0) is 88.9 Å². The molecule has 2 aliphatic rings. The standard InChI is InChI=1S/C30H31N5O2/c1-17-9-6-7-11-19(3)36-30(17,26-12-8-10-18(2)32-26)24-15-23(27-20(4)34-37-21(27)5)16-25-28(24)33-29(35(25)31)22-13-14-22/h6-12,15-16,22H,13-14,31H2,1-5H3/b7-6-,17-9+,19-11?. The van der Waals surface area contributed by atoms with Gasteiger partial charge in [-0.25, -0.2) is 9.66 Å². The fraction of sp³-hybridized carbons (Fsp3) is 0.300. The van der Waals surface area contributed by atoms with Crippen LogP contribution in [-0.2, 0) is 10.3 Å². The Bertz CT molecular complexity index is 1610. The topological polar surface area (TPSA) is 92.0 Å². The van der Waals surface area contributed by atoms with Gasteiger partial charge in [-0.2, -0.15) is 0 Å². The van der Waals surface area contributed by atoms with Crippen molar-refractivity contribution < 1.29 is 9.26 Å². The van der Waals surface area contributed by atoms with Crippen LogP contribution >= 0.6 is 0 Å². The average Bonchev–Trinajstić information content (AvgIpc) is 3.58. The number of ether oxygens (including phenoxy) is 1. The Morgan fingerprint density at radius 1 is 1.00 bits per heavy atom. The van der Waals surface area contributed by atoms with E-state index < -0.39 is 5.60 Å². The first-order chi connectivity index (χ1) is 17.8. The molecule has 4 heterocycles. The van der Waals surface area contributed by atoms with Crippen molar-refractivity contribution in [3.8, 4) is 11.1 Å². The van der Waals surface area contributed by atoms with Gasteiger partial charge >= 0.3 is 0 Å². The number of nitrogens with zero attached hydrogens (tertiary/aromatic N) is 4. The molecule has 1 fully saturated rings. The molecule has 7 heteroatoms. The summed E-state index contributed by atoms with van der Waals surface area (Å²) in [6.45, 7) is 9.94. The van der Waals surface area contributed by atoms with Crippen molar-refractivity contribution in [1.29, 1.82) is 0 Å². The van der Waals surface area contributed by atoms with Crippen LogP contribution in [0.2, 0.25) is 0 Å². The van der Waals surface area contributed by atoms with Crippen LogP contribution in [0.1, 0.15) is 66.8 Å². The number of imidazole rings is 1. The fourth-order valence-electron chi connectivity index (χ4n) is 5.41. The third-order valence-electron chi connectivity index (χ3n) is 7.37. The van der Waals surface area contributed by atoms with E-state index >= 15 is 0 Å². The van der Waals surface area contributed by atoms with Crippen molar-refractivity contribution >= 4 is 11.0 Å². The lowest BCUT2D eigenvalue weighted by molar-refractivity contribution is 0.0659. The molecule has 0 amide bonds. The summed E-state index contributed by atoms with van der Waals surface area (Å²) in [5, 5.41) is 4.22. The number of pyridine rings is 1. The number of aromatic nitrogens is 4. The van der Waals surface area contributed by atoms with E-state index in [-0.39, 0.29) is 0 Å². The van der Waals surface area contributed by atoms with Gasteiger partial charge in [0.05, 0.1) is 28.2 Å². The summed E-state index contributed by atoms with van der Waals surface area (Å²) in [6.07, 6.45) is 10.3. The van der Waals surface area contributed by atoms with Gasteiger partial charge in [-0.1, -0.05) is 29.5 Å². The molecule has 0 radical (unpaired) electrons. The predicted octanol–water partition coefficient (Wildman–Crippen LogP) is 6.28. The number of benzene rings is 1. The van der Waals surface area contributed by atoms with Crippen molar-refractivity contribution in [2.75, 3.05) is 5.84 Å². The van der Waals surface area contributed by atoms with Crippen LogP contribution in [0.4, 0.5) is 0 Å². The number of nitrogens with two attached hydrogens (primary N) is 1. The highest BCUT2D eigenvalue weighted by Crippen LogP contribution is 2.48. The van der Waals surface area contributed by atoms with Crippen LogP contribution in [0.15, 0.2) is 70.5 Å². The molecule has 1 atom stereocenters. The second-order valence-corrected chi connectivity index (χ2v) is 10.2. The van der Waals surface area contributed by atoms with Gasteiger partial charge in [0, 0.05) is 22.7 Å². The van der Waals surface area contributed by atoms with E-state index in [9.17, 15) is 0 Å². The number of fused-ring (bicyclic) bond motifs is 1. The van der Waals surface area contributed by atoms with Crippen molar-refractivity contribution in [3.05, 3.63) is 100 Å². The number of allylic oxidation sites excluding steroid dienone is 5. The zero-order valence-electron chi connectivity index (χ0n) is 21.9. The maximum Gasteiger partial charge on any atom is 0.199 e. The molecule has 2 N–H and O–H groups in total. The molecular weight excluding hydrogens is 462 g/mol. The zero-order valence-corrected chi connectivity index (χ0v) is 21.9. The smallest absolute Gasteiger partial charge is 0.199 e. The maximum atomic E-state index is 6.93. The molecule has 7 nitrogen and oxygen atoms in total. The molecule has 1 aromatic carbocycles. The third-order valence-corrected chi connectivity index (χ3v) is 7.37. The normalized spacial score (nSPS) is 22.1. The number of hydrogen-bond acceptors (Lipinski definition) is 6. The molecule has 1 aliphatic heterocycles. The summed E-state index contributed by atoms with van der Waals surface area (Å²) >= 11 is 0. The lowest BCUT2D eigenvalue weighted by atomic mass is 9.80. The molecule has 0 spiro atoms. The van der Waals surface area contributed by atoms with Gasteiger partial charge in [0.2, 0.25) is 0 Å². The van der Waals surface area contributed by atoms with Crippen LogP contribution in [0.3, 0.4) is 0 Å². The summed E-state index contributed by atoms with van der Waals surface area (Å²) in [6, 6.07) is 10.3. The fourth-order valence-corrected chi connectivity index (χ4v) is 5.41. The Labute approximate surface area is 216 Å². The number of rotatable bonds is 4. The molecule has 3 aromatic heterocycles. The summed E-state index contributed by atoms with van der Waals surface area (Å²) in [5.74, 6) is 9.53. The Balaban J connectivity index is 1.77. The van der Waals surface area contributed by atoms with Gasteiger partial charge in [-0.15, -0.1) is 0 Å². The number of nitrogen functional groups attached to an aromatic ring is 1. The van der Waals surface area contributed by atoms with Crippen LogP contribution < -0.4 is 5.84 Å². The van der Waals surface area contributed by atoms with E-state index in [4.69, 9.17) is 25.1 Å². The molecule has 0 saturated heterocycles. The Hall–Kier alpha value is -4.13. The molecule has 0 bridgehead atoms. The first kappa shape index (κ1) is 23.3. The Morgan fingerprint density at radius 2 is 1.78 bits per heavy atom. The van der Waals surface area contributed by atoms with Gasteiger partial charge in [-0.3, -0.25) is 4.98 Å². The lowest BCUT2D eigenvalue weighted by Gasteiger charge is -2.37. The first-order valence-corrected chi connectivity index (χ1v) is 12.7. The molecule has 1 saturated carbocycles. The minimum absolute atomic E-state index is 0.375. The zero-order chi connectivity index (χ0) is 25.9. The van der Waals surface area contributed by atoms with E-state index in [2.05, 4.69) is 30.3 Å². The van der Waals surface area contributed by atoms with E-state index in [1.165, 1.54) is 0 Å². The van der Waals surface area contributed by atoms with Gasteiger partial charge < -0.3 is 15.1 Å². The minimum atomic E-state index is -1.03. The predicted molar refractivity (Wildman–Crippen MR) is 144 cm³/mol. The first-order valence-electron chi connectivity index (χ1n) is 12.7. The molecule has 188 valence electrons. The third kappa shape index (κ3) is 3.68. The SMILES string of the molecule is CC1=C/C=C\C=C(/C)C(c2cccc(C)n2)(c2cc(-c3c(C)noc3C)cc3c2nc(C2CC2)n3N)O1. The van der Waals surface area contributed by atoms with E-state index in [0.29, 0.717) is 5.92 Å². The van der Waals surface area contributed by atoms with E-state index in [0.717, 1.165) is 80.6 Å². The molecular formula is C30H31N5O2. The van der Waals surface area contributed by atoms with Crippen LogP contribution in [-0.4, -0.2) is 19.8 Å². The van der Waals surface area contributed by atoms with Gasteiger partial charge in [0.15, 0.2) is 5.60 Å². The van der Waals surface area contributed by atoms with Crippen LogP contribution in [0, 0.1) is 20.8 Å². The second-order valence-electron chi connectivity index (χ2n) is 10.2. The van der Waals surface area contributed by atoms with Crippen molar-refractivity contribution in [3.63, 3.8) is 0 Å². The van der Waals surface area contributed by atoms with Crippen LogP contribution in [0.5, 0.6) is 0 Å². The Morgan fingerprint density at radius 3 is 2.49 bits per heavy atom. The summed E-state index contributed by atoms with van der Waals surface area (Å²) in [7, 11) is 0. The summed E-state index contributed by atoms with van der Waals surface area (Å²) in [5.41, 5.74) is 6.94. The monoisotopic (exact) mass is 493 g/mol. The van der Waals surface area contributed by atoms with Gasteiger partial charge in [0.25, 0.3) is 0 Å². The molecule has 1 aliphatic carbocycles. The number of aryl methyl sites for hydroxylation is 3. The quantitative estimate of drug-likeness (QED) is 0.336. The molecule has 4 aromatic rings. The van der Waals surface area contributed by atoms with Crippen LogP contribution in [0.25, 0.3) is 22.2 Å². The van der Waals surface area contributed by atoms with Crippen molar-refractivity contribution in [2.45, 2.75) is 59.0 Å².